The number of nitrogens with one attached hydrogen (secondary N) is 1. The Morgan fingerprint density at radius 1 is 1.27 bits per heavy atom. The summed E-state index contributed by atoms with van der Waals surface area (Å²) in [7, 11) is 4.12. The monoisotopic (exact) mass is 307 g/mol. The van der Waals surface area contributed by atoms with Crippen molar-refractivity contribution in [2.75, 3.05) is 63.7 Å². The van der Waals surface area contributed by atoms with Gasteiger partial charge in [0.1, 0.15) is 5.82 Å². The molecule has 2 fully saturated rings. The Labute approximate surface area is 131 Å². The third-order valence-corrected chi connectivity index (χ3v) is 4.13. The highest BCUT2D eigenvalue weighted by atomic mass is 16.7. The fourth-order valence-corrected chi connectivity index (χ4v) is 2.84. The van der Waals surface area contributed by atoms with E-state index in [9.17, 15) is 0 Å². The van der Waals surface area contributed by atoms with Gasteiger partial charge in [0.25, 0.3) is 0 Å². The molecule has 0 bridgehead atoms. The Bertz CT molecular complexity index is 481. The normalized spacial score (nSPS) is 20.8. The van der Waals surface area contributed by atoms with Gasteiger partial charge >= 0.3 is 0 Å². The predicted octanol–water partition coefficient (Wildman–Crippen LogP) is 0.793. The summed E-state index contributed by atoms with van der Waals surface area (Å²) < 4.78 is 11.5. The van der Waals surface area contributed by atoms with Crippen LogP contribution in [-0.2, 0) is 9.47 Å². The summed E-state index contributed by atoms with van der Waals surface area (Å²) in [5.41, 5.74) is 0. The summed E-state index contributed by atoms with van der Waals surface area (Å²) in [6, 6.07) is 1.91. The van der Waals surface area contributed by atoms with Crippen LogP contribution in [0.1, 0.15) is 12.8 Å². The molecule has 1 spiro atoms. The van der Waals surface area contributed by atoms with Crippen LogP contribution in [0.2, 0.25) is 0 Å². The second-order valence-electron chi connectivity index (χ2n) is 6.07. The molecule has 0 unspecified atom stereocenters. The van der Waals surface area contributed by atoms with Gasteiger partial charge in [-0.3, -0.25) is 0 Å². The van der Waals surface area contributed by atoms with Gasteiger partial charge in [0, 0.05) is 45.2 Å². The SMILES string of the molecule is CN(C)CCNc1ccnc(N2CCC3(CC2)OCCO3)n1. The minimum absolute atomic E-state index is 0.349. The minimum atomic E-state index is -0.349. The van der Waals surface area contributed by atoms with Crippen molar-refractivity contribution in [3.8, 4) is 0 Å². The lowest BCUT2D eigenvalue weighted by atomic mass is 10.0. The molecule has 1 N–H and O–H groups in total. The Morgan fingerprint density at radius 3 is 2.68 bits per heavy atom. The largest absolute Gasteiger partial charge is 0.369 e. The van der Waals surface area contributed by atoms with Crippen molar-refractivity contribution in [2.45, 2.75) is 18.6 Å². The van der Waals surface area contributed by atoms with E-state index in [0.717, 1.165) is 50.8 Å². The van der Waals surface area contributed by atoms with Crippen molar-refractivity contribution in [1.29, 1.82) is 0 Å². The summed E-state index contributed by atoms with van der Waals surface area (Å²) in [5, 5.41) is 3.34. The van der Waals surface area contributed by atoms with Gasteiger partial charge < -0.3 is 24.6 Å². The predicted molar refractivity (Wildman–Crippen MR) is 85.2 cm³/mol. The minimum Gasteiger partial charge on any atom is -0.369 e. The highest BCUT2D eigenvalue weighted by molar-refractivity contribution is 5.41. The number of nitrogens with zero attached hydrogens (tertiary/aromatic N) is 4. The molecule has 0 aromatic carbocycles. The molecule has 2 aliphatic heterocycles. The summed E-state index contributed by atoms with van der Waals surface area (Å²) in [6.07, 6.45) is 3.55. The first-order valence-corrected chi connectivity index (χ1v) is 7.91. The lowest BCUT2D eigenvalue weighted by Gasteiger charge is -2.37. The summed E-state index contributed by atoms with van der Waals surface area (Å²) in [4.78, 5) is 13.4. The van der Waals surface area contributed by atoms with E-state index in [4.69, 9.17) is 9.47 Å². The van der Waals surface area contributed by atoms with E-state index in [1.54, 1.807) is 0 Å². The van der Waals surface area contributed by atoms with Gasteiger partial charge in [0.15, 0.2) is 5.79 Å². The summed E-state index contributed by atoms with van der Waals surface area (Å²) in [6.45, 7) is 4.99. The highest BCUT2D eigenvalue weighted by Crippen LogP contribution is 2.32. The molecule has 1 aromatic rings. The second kappa shape index (κ2) is 6.76. The quantitative estimate of drug-likeness (QED) is 0.863. The number of piperidine rings is 1. The van der Waals surface area contributed by atoms with Gasteiger partial charge in [-0.1, -0.05) is 0 Å². The number of anilines is 2. The molecule has 0 atom stereocenters. The molecule has 0 saturated carbocycles. The number of ether oxygens (including phenoxy) is 2. The maximum Gasteiger partial charge on any atom is 0.227 e. The fraction of sp³-hybridized carbons (Fsp3) is 0.733. The maximum atomic E-state index is 5.76. The van der Waals surface area contributed by atoms with Gasteiger partial charge in [-0.15, -0.1) is 0 Å². The third-order valence-electron chi connectivity index (χ3n) is 4.13. The Kier molecular flexibility index (Phi) is 4.75. The Morgan fingerprint density at radius 2 is 2.00 bits per heavy atom. The zero-order valence-electron chi connectivity index (χ0n) is 13.4. The molecule has 3 rings (SSSR count). The van der Waals surface area contributed by atoms with E-state index in [1.165, 1.54) is 0 Å². The summed E-state index contributed by atoms with van der Waals surface area (Å²) >= 11 is 0. The first-order chi connectivity index (χ1) is 10.7. The van der Waals surface area contributed by atoms with Crippen LogP contribution in [0.15, 0.2) is 12.3 Å². The van der Waals surface area contributed by atoms with Crippen molar-refractivity contribution in [3.63, 3.8) is 0 Å². The lowest BCUT2D eigenvalue weighted by Crippen LogP contribution is -2.45. The molecule has 22 heavy (non-hydrogen) atoms. The van der Waals surface area contributed by atoms with Gasteiger partial charge in [-0.25, -0.2) is 4.98 Å². The molecule has 2 aliphatic rings. The van der Waals surface area contributed by atoms with E-state index in [-0.39, 0.29) is 5.79 Å². The van der Waals surface area contributed by atoms with Gasteiger partial charge in [0.05, 0.1) is 13.2 Å². The zero-order valence-corrected chi connectivity index (χ0v) is 13.4. The number of rotatable bonds is 5. The second-order valence-corrected chi connectivity index (χ2v) is 6.07. The summed E-state index contributed by atoms with van der Waals surface area (Å²) in [5.74, 6) is 1.31. The topological polar surface area (TPSA) is 62.8 Å². The van der Waals surface area contributed by atoms with E-state index in [1.807, 2.05) is 12.3 Å². The van der Waals surface area contributed by atoms with Crippen LogP contribution in [0, 0.1) is 0 Å². The molecular formula is C15H25N5O2. The maximum absolute atomic E-state index is 5.76. The highest BCUT2D eigenvalue weighted by Gasteiger charge is 2.40. The molecule has 1 aromatic heterocycles. The first-order valence-electron chi connectivity index (χ1n) is 7.91. The molecular weight excluding hydrogens is 282 g/mol. The zero-order chi connectivity index (χ0) is 15.4. The lowest BCUT2D eigenvalue weighted by molar-refractivity contribution is -0.169. The van der Waals surface area contributed by atoms with Crippen LogP contribution in [0.4, 0.5) is 11.8 Å². The Balaban J connectivity index is 1.56. The first kappa shape index (κ1) is 15.5. The number of likely N-dealkylation sites (N-methyl/N-ethyl adjacent to an activating group) is 1. The van der Waals surface area contributed by atoms with Crippen LogP contribution in [0.5, 0.6) is 0 Å². The van der Waals surface area contributed by atoms with E-state index < -0.39 is 0 Å². The standard InChI is InChI=1S/C15H25N5O2/c1-19(2)10-7-16-13-3-6-17-14(18-13)20-8-4-15(5-9-20)21-11-12-22-15/h3,6H,4-5,7-12H2,1-2H3,(H,16,17,18). The van der Waals surface area contributed by atoms with E-state index in [2.05, 4.69) is 39.2 Å². The molecule has 3 heterocycles. The smallest absolute Gasteiger partial charge is 0.227 e. The van der Waals surface area contributed by atoms with Crippen LogP contribution in [0.3, 0.4) is 0 Å². The average Bonchev–Trinajstić information content (AvgIpc) is 2.96. The number of hydrogen-bond acceptors (Lipinski definition) is 7. The Hall–Kier alpha value is -1.44. The average molecular weight is 307 g/mol. The molecule has 0 radical (unpaired) electrons. The molecule has 0 aliphatic carbocycles. The van der Waals surface area contributed by atoms with Crippen molar-refractivity contribution in [3.05, 3.63) is 12.3 Å². The third kappa shape index (κ3) is 3.66. The van der Waals surface area contributed by atoms with Gasteiger partial charge in [0.2, 0.25) is 5.95 Å². The van der Waals surface area contributed by atoms with Gasteiger partial charge in [-0.2, -0.15) is 4.98 Å². The fourth-order valence-electron chi connectivity index (χ4n) is 2.84. The molecule has 0 amide bonds. The van der Waals surface area contributed by atoms with Crippen LogP contribution >= 0.6 is 0 Å². The van der Waals surface area contributed by atoms with E-state index in [0.29, 0.717) is 13.2 Å². The molecule has 7 nitrogen and oxygen atoms in total. The van der Waals surface area contributed by atoms with Crippen molar-refractivity contribution >= 4 is 11.8 Å². The van der Waals surface area contributed by atoms with Crippen LogP contribution in [0.25, 0.3) is 0 Å². The van der Waals surface area contributed by atoms with E-state index >= 15 is 0 Å². The molecule has 2 saturated heterocycles. The van der Waals surface area contributed by atoms with Gasteiger partial charge in [-0.05, 0) is 20.2 Å². The molecule has 122 valence electrons. The molecule has 7 heteroatoms. The van der Waals surface area contributed by atoms with Crippen molar-refractivity contribution in [2.24, 2.45) is 0 Å². The number of aromatic nitrogens is 2. The van der Waals surface area contributed by atoms with Crippen molar-refractivity contribution < 1.29 is 9.47 Å². The number of hydrogen-bond donors (Lipinski definition) is 1. The van der Waals surface area contributed by atoms with Crippen LogP contribution < -0.4 is 10.2 Å². The van der Waals surface area contributed by atoms with Crippen LogP contribution in [-0.4, -0.2) is 74.1 Å². The van der Waals surface area contributed by atoms with Crippen molar-refractivity contribution in [1.82, 2.24) is 14.9 Å².